The molecule has 0 saturated carbocycles. The second-order valence-corrected chi connectivity index (χ2v) is 5.98. The zero-order valence-corrected chi connectivity index (χ0v) is 14.6. The molecule has 2 amide bonds. The largest absolute Gasteiger partial charge is 0.493 e. The van der Waals surface area contributed by atoms with E-state index in [9.17, 15) is 9.90 Å². The van der Waals surface area contributed by atoms with E-state index in [1.165, 1.54) is 0 Å². The van der Waals surface area contributed by atoms with Crippen LogP contribution in [0.1, 0.15) is 12.5 Å². The van der Waals surface area contributed by atoms with Crippen molar-refractivity contribution in [1.29, 1.82) is 0 Å². The summed E-state index contributed by atoms with van der Waals surface area (Å²) in [4.78, 5) is 16.2. The number of urea groups is 1. The quantitative estimate of drug-likeness (QED) is 0.807. The van der Waals surface area contributed by atoms with Gasteiger partial charge in [-0.15, -0.1) is 0 Å². The van der Waals surface area contributed by atoms with E-state index in [0.29, 0.717) is 37.7 Å². The number of carbonyl (C=O) groups is 1. The summed E-state index contributed by atoms with van der Waals surface area (Å²) in [5.74, 6) is 1.32. The van der Waals surface area contributed by atoms with Gasteiger partial charge in [0.1, 0.15) is 0 Å². The number of benzene rings is 1. The van der Waals surface area contributed by atoms with Gasteiger partial charge in [-0.3, -0.25) is 4.90 Å². The normalized spacial score (nSPS) is 16.6. The highest BCUT2D eigenvalue weighted by atomic mass is 16.5. The topological polar surface area (TPSA) is 74.3 Å². The van der Waals surface area contributed by atoms with E-state index >= 15 is 0 Å². The molecule has 1 saturated heterocycles. The van der Waals surface area contributed by atoms with E-state index in [1.54, 1.807) is 26.0 Å². The van der Waals surface area contributed by atoms with E-state index < -0.39 is 0 Å². The van der Waals surface area contributed by atoms with Gasteiger partial charge in [-0.1, -0.05) is 6.07 Å². The van der Waals surface area contributed by atoms with Crippen molar-refractivity contribution in [3.05, 3.63) is 23.8 Å². The Hall–Kier alpha value is -1.99. The van der Waals surface area contributed by atoms with E-state index in [2.05, 4.69) is 10.2 Å². The standard InChI is InChI=1S/C17H27N3O4/c1-13(21)12-19-6-8-20(9-7-19)17(22)18-11-14-4-5-15(23-2)16(10-14)24-3/h4-5,10,13,21H,6-9,11-12H2,1-3H3,(H,18,22)/t13-/m1/s1. The minimum Gasteiger partial charge on any atom is -0.493 e. The highest BCUT2D eigenvalue weighted by Gasteiger charge is 2.21. The smallest absolute Gasteiger partial charge is 0.317 e. The molecule has 1 aromatic carbocycles. The first-order valence-corrected chi connectivity index (χ1v) is 8.17. The van der Waals surface area contributed by atoms with Crippen LogP contribution >= 0.6 is 0 Å². The molecule has 0 aromatic heterocycles. The van der Waals surface area contributed by atoms with Gasteiger partial charge in [0.15, 0.2) is 11.5 Å². The molecule has 0 aliphatic carbocycles. The Labute approximate surface area is 143 Å². The van der Waals surface area contributed by atoms with Crippen molar-refractivity contribution in [3.8, 4) is 11.5 Å². The third-order valence-corrected chi connectivity index (χ3v) is 4.07. The molecule has 7 heteroatoms. The number of amides is 2. The Kier molecular flexibility index (Phi) is 6.69. The molecule has 0 spiro atoms. The number of hydrogen-bond donors (Lipinski definition) is 2. The Balaban J connectivity index is 1.81. The Bertz CT molecular complexity index is 543. The number of nitrogens with one attached hydrogen (secondary N) is 1. The van der Waals surface area contributed by atoms with Crippen molar-refractivity contribution in [2.45, 2.75) is 19.6 Å². The van der Waals surface area contributed by atoms with Crippen molar-refractivity contribution >= 4 is 6.03 Å². The molecule has 0 unspecified atom stereocenters. The van der Waals surface area contributed by atoms with E-state index in [4.69, 9.17) is 9.47 Å². The van der Waals surface area contributed by atoms with E-state index in [-0.39, 0.29) is 12.1 Å². The summed E-state index contributed by atoms with van der Waals surface area (Å²) in [6, 6.07) is 5.53. The lowest BCUT2D eigenvalue weighted by Gasteiger charge is -2.35. The first kappa shape index (κ1) is 18.4. The summed E-state index contributed by atoms with van der Waals surface area (Å²) in [5.41, 5.74) is 0.953. The summed E-state index contributed by atoms with van der Waals surface area (Å²) in [6.45, 7) is 5.79. The fourth-order valence-electron chi connectivity index (χ4n) is 2.79. The van der Waals surface area contributed by atoms with Crippen LogP contribution in [0, 0.1) is 0 Å². The zero-order valence-electron chi connectivity index (χ0n) is 14.6. The summed E-state index contributed by atoms with van der Waals surface area (Å²) < 4.78 is 10.5. The molecule has 1 heterocycles. The van der Waals surface area contributed by atoms with E-state index in [1.807, 2.05) is 18.2 Å². The van der Waals surface area contributed by atoms with Gasteiger partial charge in [-0.05, 0) is 24.6 Å². The number of ether oxygens (including phenoxy) is 2. The van der Waals surface area contributed by atoms with Crippen molar-refractivity contribution in [2.24, 2.45) is 0 Å². The molecule has 0 radical (unpaired) electrons. The minimum atomic E-state index is -0.338. The molecule has 1 aromatic rings. The molecule has 1 aliphatic heterocycles. The first-order chi connectivity index (χ1) is 11.5. The number of carbonyl (C=O) groups excluding carboxylic acids is 1. The summed E-state index contributed by atoms with van der Waals surface area (Å²) in [6.07, 6.45) is -0.338. The van der Waals surface area contributed by atoms with Gasteiger partial charge in [-0.25, -0.2) is 4.79 Å². The summed E-state index contributed by atoms with van der Waals surface area (Å²) in [7, 11) is 3.18. The van der Waals surface area contributed by atoms with Crippen molar-refractivity contribution < 1.29 is 19.4 Å². The lowest BCUT2D eigenvalue weighted by molar-refractivity contribution is 0.0897. The van der Waals surface area contributed by atoms with Gasteiger partial charge in [0, 0.05) is 39.3 Å². The van der Waals surface area contributed by atoms with Crippen molar-refractivity contribution in [2.75, 3.05) is 46.9 Å². The van der Waals surface area contributed by atoms with Crippen LogP contribution in [0.25, 0.3) is 0 Å². The maximum absolute atomic E-state index is 12.3. The second kappa shape index (κ2) is 8.75. The monoisotopic (exact) mass is 337 g/mol. The van der Waals surface area contributed by atoms with Crippen molar-refractivity contribution in [1.82, 2.24) is 15.1 Å². The molecule has 1 atom stereocenters. The summed E-state index contributed by atoms with van der Waals surface area (Å²) >= 11 is 0. The molecule has 2 rings (SSSR count). The third kappa shape index (κ3) is 5.01. The van der Waals surface area contributed by atoms with Gasteiger partial charge in [0.25, 0.3) is 0 Å². The summed E-state index contributed by atoms with van der Waals surface area (Å²) in [5, 5.41) is 12.4. The van der Waals surface area contributed by atoms with Crippen LogP contribution in [0.4, 0.5) is 4.79 Å². The average molecular weight is 337 g/mol. The number of rotatable bonds is 6. The molecule has 1 fully saturated rings. The molecule has 2 N–H and O–H groups in total. The zero-order chi connectivity index (χ0) is 17.5. The predicted octanol–water partition coefficient (Wildman–Crippen LogP) is 0.912. The fraction of sp³-hybridized carbons (Fsp3) is 0.588. The van der Waals surface area contributed by atoms with Crippen LogP contribution in [0.2, 0.25) is 0 Å². The van der Waals surface area contributed by atoms with Crippen LogP contribution in [0.3, 0.4) is 0 Å². The number of piperazine rings is 1. The number of methoxy groups -OCH3 is 2. The number of hydrogen-bond acceptors (Lipinski definition) is 5. The molecule has 134 valence electrons. The van der Waals surface area contributed by atoms with Gasteiger partial charge < -0.3 is 24.8 Å². The van der Waals surface area contributed by atoms with Crippen LogP contribution in [-0.2, 0) is 6.54 Å². The van der Waals surface area contributed by atoms with Gasteiger partial charge >= 0.3 is 6.03 Å². The maximum Gasteiger partial charge on any atom is 0.317 e. The second-order valence-electron chi connectivity index (χ2n) is 5.98. The van der Waals surface area contributed by atoms with E-state index in [0.717, 1.165) is 18.7 Å². The number of aliphatic hydroxyl groups is 1. The predicted molar refractivity (Wildman–Crippen MR) is 91.5 cm³/mol. The molecular formula is C17H27N3O4. The van der Waals surface area contributed by atoms with Crippen LogP contribution in [0.5, 0.6) is 11.5 Å². The van der Waals surface area contributed by atoms with Crippen LogP contribution in [-0.4, -0.2) is 74.0 Å². The molecule has 24 heavy (non-hydrogen) atoms. The third-order valence-electron chi connectivity index (χ3n) is 4.07. The molecular weight excluding hydrogens is 310 g/mol. The Morgan fingerprint density at radius 1 is 1.21 bits per heavy atom. The SMILES string of the molecule is COc1ccc(CNC(=O)N2CCN(C[C@@H](C)O)CC2)cc1OC. The lowest BCUT2D eigenvalue weighted by Crippen LogP contribution is -2.52. The Morgan fingerprint density at radius 2 is 1.88 bits per heavy atom. The molecule has 1 aliphatic rings. The number of aliphatic hydroxyl groups excluding tert-OH is 1. The van der Waals surface area contributed by atoms with Crippen LogP contribution in [0.15, 0.2) is 18.2 Å². The van der Waals surface area contributed by atoms with Gasteiger partial charge in [-0.2, -0.15) is 0 Å². The van der Waals surface area contributed by atoms with Gasteiger partial charge in [0.2, 0.25) is 0 Å². The van der Waals surface area contributed by atoms with Crippen LogP contribution < -0.4 is 14.8 Å². The number of nitrogens with zero attached hydrogens (tertiary/aromatic N) is 2. The molecule has 7 nitrogen and oxygen atoms in total. The minimum absolute atomic E-state index is 0.0681. The highest BCUT2D eigenvalue weighted by molar-refractivity contribution is 5.74. The van der Waals surface area contributed by atoms with Crippen molar-refractivity contribution in [3.63, 3.8) is 0 Å². The van der Waals surface area contributed by atoms with Gasteiger partial charge in [0.05, 0.1) is 20.3 Å². The lowest BCUT2D eigenvalue weighted by atomic mass is 10.2. The average Bonchev–Trinajstić information content (AvgIpc) is 2.59. The maximum atomic E-state index is 12.3. The fourth-order valence-corrected chi connectivity index (χ4v) is 2.79. The molecule has 0 bridgehead atoms. The number of β-amino-alcohol motifs (C(OH)–C–C–N with tert-alkyl or cyclic N) is 1. The first-order valence-electron chi connectivity index (χ1n) is 8.17. The Morgan fingerprint density at radius 3 is 2.46 bits per heavy atom. The highest BCUT2D eigenvalue weighted by Crippen LogP contribution is 2.27.